The van der Waals surface area contributed by atoms with E-state index in [1.54, 1.807) is 6.92 Å². The number of nitrogens with one attached hydrogen (secondary N) is 3. The summed E-state index contributed by atoms with van der Waals surface area (Å²) < 4.78 is 24.7. The molecule has 1 heterocycles. The van der Waals surface area contributed by atoms with Crippen LogP contribution < -0.4 is 15.4 Å². The van der Waals surface area contributed by atoms with E-state index in [0.717, 1.165) is 25.9 Å². The molecule has 0 saturated carbocycles. The van der Waals surface area contributed by atoms with Crippen molar-refractivity contribution in [3.63, 3.8) is 0 Å². The molecule has 1 aliphatic heterocycles. The monoisotopic (exact) mass is 277 g/mol. The topological polar surface area (TPSA) is 87.3 Å². The van der Waals surface area contributed by atoms with Crippen molar-refractivity contribution >= 4 is 15.9 Å². The fourth-order valence-electron chi connectivity index (χ4n) is 1.85. The van der Waals surface area contributed by atoms with E-state index in [4.69, 9.17) is 0 Å². The second kappa shape index (κ2) is 7.70. The zero-order chi connectivity index (χ0) is 13.4. The Morgan fingerprint density at radius 2 is 2.17 bits per heavy atom. The van der Waals surface area contributed by atoms with Crippen LogP contribution in [-0.2, 0) is 14.8 Å². The van der Waals surface area contributed by atoms with Crippen LogP contribution in [0.3, 0.4) is 0 Å². The molecule has 1 saturated heterocycles. The molecule has 0 aromatic rings. The van der Waals surface area contributed by atoms with E-state index in [0.29, 0.717) is 19.5 Å². The van der Waals surface area contributed by atoms with Crippen molar-refractivity contribution in [1.82, 2.24) is 15.4 Å². The van der Waals surface area contributed by atoms with Gasteiger partial charge < -0.3 is 10.6 Å². The Morgan fingerprint density at radius 1 is 1.39 bits per heavy atom. The molecule has 1 fully saturated rings. The van der Waals surface area contributed by atoms with E-state index in [9.17, 15) is 13.2 Å². The second-order valence-corrected chi connectivity index (χ2v) is 6.58. The summed E-state index contributed by atoms with van der Waals surface area (Å²) in [7, 11) is -3.11. The van der Waals surface area contributed by atoms with Gasteiger partial charge in [-0.2, -0.15) is 0 Å². The zero-order valence-electron chi connectivity index (χ0n) is 10.9. The third-order valence-corrected chi connectivity index (χ3v) is 4.43. The first-order valence-corrected chi connectivity index (χ1v) is 8.16. The SMILES string of the molecule is CCS(=O)(=O)NCCCNC(=O)C1CCCNC1. The van der Waals surface area contributed by atoms with E-state index in [1.165, 1.54) is 0 Å². The highest BCUT2D eigenvalue weighted by Crippen LogP contribution is 2.09. The Bertz CT molecular complexity index is 351. The number of rotatable bonds is 7. The van der Waals surface area contributed by atoms with Gasteiger partial charge in [0.05, 0.1) is 11.7 Å². The lowest BCUT2D eigenvalue weighted by molar-refractivity contribution is -0.125. The van der Waals surface area contributed by atoms with Gasteiger partial charge in [-0.3, -0.25) is 4.79 Å². The summed E-state index contributed by atoms with van der Waals surface area (Å²) in [6, 6.07) is 0. The molecule has 0 aromatic carbocycles. The third kappa shape index (κ3) is 5.79. The molecule has 1 aliphatic rings. The molecule has 106 valence electrons. The fourth-order valence-corrected chi connectivity index (χ4v) is 2.51. The normalized spacial score (nSPS) is 20.6. The highest BCUT2D eigenvalue weighted by molar-refractivity contribution is 7.89. The fraction of sp³-hybridized carbons (Fsp3) is 0.909. The predicted octanol–water partition coefficient (Wildman–Crippen LogP) is -0.568. The molecule has 0 spiro atoms. The van der Waals surface area contributed by atoms with Crippen LogP contribution in [0.15, 0.2) is 0 Å². The highest BCUT2D eigenvalue weighted by Gasteiger charge is 2.20. The van der Waals surface area contributed by atoms with Crippen molar-refractivity contribution in [2.75, 3.05) is 31.9 Å². The standard InChI is InChI=1S/C11H23N3O3S/c1-2-18(16,17)14-8-4-7-13-11(15)10-5-3-6-12-9-10/h10,12,14H,2-9H2,1H3,(H,13,15). The van der Waals surface area contributed by atoms with E-state index >= 15 is 0 Å². The first kappa shape index (κ1) is 15.4. The Balaban J connectivity index is 2.08. The lowest BCUT2D eigenvalue weighted by Gasteiger charge is -2.21. The van der Waals surface area contributed by atoms with Gasteiger partial charge in [-0.05, 0) is 32.7 Å². The lowest BCUT2D eigenvalue weighted by atomic mass is 9.99. The Labute approximate surface area is 109 Å². The van der Waals surface area contributed by atoms with E-state index in [1.807, 2.05) is 0 Å². The average molecular weight is 277 g/mol. The lowest BCUT2D eigenvalue weighted by Crippen LogP contribution is -2.41. The van der Waals surface area contributed by atoms with Crippen molar-refractivity contribution in [3.8, 4) is 0 Å². The molecule has 1 amide bonds. The quantitative estimate of drug-likeness (QED) is 0.544. The molecule has 0 aromatic heterocycles. The van der Waals surface area contributed by atoms with Gasteiger partial charge in [0.15, 0.2) is 0 Å². The summed E-state index contributed by atoms with van der Waals surface area (Å²) >= 11 is 0. The van der Waals surface area contributed by atoms with Gasteiger partial charge in [0.1, 0.15) is 0 Å². The molecule has 1 rings (SSSR count). The number of piperidine rings is 1. The van der Waals surface area contributed by atoms with Crippen LogP contribution in [-0.4, -0.2) is 46.3 Å². The minimum absolute atomic E-state index is 0.0612. The summed E-state index contributed by atoms with van der Waals surface area (Å²) in [5, 5.41) is 6.04. The zero-order valence-corrected chi connectivity index (χ0v) is 11.7. The molecule has 7 heteroatoms. The second-order valence-electron chi connectivity index (χ2n) is 4.49. The molecular formula is C11H23N3O3S. The molecule has 0 radical (unpaired) electrons. The molecule has 0 bridgehead atoms. The maximum atomic E-state index is 11.7. The summed E-state index contributed by atoms with van der Waals surface area (Å²) in [4.78, 5) is 11.7. The first-order chi connectivity index (χ1) is 8.55. The smallest absolute Gasteiger partial charge is 0.224 e. The van der Waals surface area contributed by atoms with Crippen LogP contribution in [0.2, 0.25) is 0 Å². The molecule has 1 unspecified atom stereocenters. The van der Waals surface area contributed by atoms with Crippen LogP contribution in [0, 0.1) is 5.92 Å². The summed E-state index contributed by atoms with van der Waals surface area (Å²) in [5.41, 5.74) is 0. The molecule has 6 nitrogen and oxygen atoms in total. The minimum Gasteiger partial charge on any atom is -0.356 e. The molecule has 0 aliphatic carbocycles. The molecule has 18 heavy (non-hydrogen) atoms. The van der Waals surface area contributed by atoms with Gasteiger partial charge >= 0.3 is 0 Å². The van der Waals surface area contributed by atoms with Crippen molar-refractivity contribution < 1.29 is 13.2 Å². The summed E-state index contributed by atoms with van der Waals surface area (Å²) in [5.74, 6) is 0.222. The Kier molecular flexibility index (Phi) is 6.59. The largest absolute Gasteiger partial charge is 0.356 e. The van der Waals surface area contributed by atoms with E-state index in [-0.39, 0.29) is 17.6 Å². The summed E-state index contributed by atoms with van der Waals surface area (Å²) in [6.45, 7) is 4.22. The maximum Gasteiger partial charge on any atom is 0.224 e. The van der Waals surface area contributed by atoms with Crippen LogP contribution in [0.5, 0.6) is 0 Å². The van der Waals surface area contributed by atoms with E-state index in [2.05, 4.69) is 15.4 Å². The van der Waals surface area contributed by atoms with Crippen molar-refractivity contribution in [2.45, 2.75) is 26.2 Å². The van der Waals surface area contributed by atoms with Crippen LogP contribution in [0.25, 0.3) is 0 Å². The van der Waals surface area contributed by atoms with Crippen LogP contribution in [0.4, 0.5) is 0 Å². The Morgan fingerprint density at radius 3 is 2.78 bits per heavy atom. The number of sulfonamides is 1. The highest BCUT2D eigenvalue weighted by atomic mass is 32.2. The molecule has 3 N–H and O–H groups in total. The predicted molar refractivity (Wildman–Crippen MR) is 70.7 cm³/mol. The van der Waals surface area contributed by atoms with Gasteiger partial charge in [-0.25, -0.2) is 13.1 Å². The van der Waals surface area contributed by atoms with Gasteiger partial charge in [0.25, 0.3) is 0 Å². The number of carbonyl (C=O) groups excluding carboxylic acids is 1. The number of amides is 1. The van der Waals surface area contributed by atoms with Crippen LogP contribution in [0.1, 0.15) is 26.2 Å². The third-order valence-electron chi connectivity index (χ3n) is 3.02. The van der Waals surface area contributed by atoms with Gasteiger partial charge in [-0.1, -0.05) is 0 Å². The number of hydrogen-bond acceptors (Lipinski definition) is 4. The van der Waals surface area contributed by atoms with Crippen molar-refractivity contribution in [1.29, 1.82) is 0 Å². The Hall–Kier alpha value is -0.660. The van der Waals surface area contributed by atoms with E-state index < -0.39 is 10.0 Å². The number of hydrogen-bond donors (Lipinski definition) is 3. The first-order valence-electron chi connectivity index (χ1n) is 6.51. The average Bonchev–Trinajstić information content (AvgIpc) is 2.39. The van der Waals surface area contributed by atoms with Crippen LogP contribution >= 0.6 is 0 Å². The van der Waals surface area contributed by atoms with Crippen molar-refractivity contribution in [2.24, 2.45) is 5.92 Å². The molecule has 1 atom stereocenters. The summed E-state index contributed by atoms with van der Waals surface area (Å²) in [6.07, 6.45) is 2.58. The van der Waals surface area contributed by atoms with Crippen molar-refractivity contribution in [3.05, 3.63) is 0 Å². The maximum absolute atomic E-state index is 11.7. The van der Waals surface area contributed by atoms with Gasteiger partial charge in [0.2, 0.25) is 15.9 Å². The van der Waals surface area contributed by atoms with Gasteiger partial charge in [-0.15, -0.1) is 0 Å². The van der Waals surface area contributed by atoms with Gasteiger partial charge in [0, 0.05) is 19.6 Å². The molecular weight excluding hydrogens is 254 g/mol. The minimum atomic E-state index is -3.11. The number of carbonyl (C=O) groups is 1.